The molecule has 7 nitrogen and oxygen atoms in total. The summed E-state index contributed by atoms with van der Waals surface area (Å²) in [5.74, 6) is -0.731. The van der Waals surface area contributed by atoms with Crippen LogP contribution in [0.5, 0.6) is 5.75 Å². The van der Waals surface area contributed by atoms with Gasteiger partial charge < -0.3 is 20.1 Å². The van der Waals surface area contributed by atoms with Gasteiger partial charge in [0, 0.05) is 40.2 Å². The number of anilines is 1. The van der Waals surface area contributed by atoms with Crippen molar-refractivity contribution in [2.45, 2.75) is 0 Å². The fourth-order valence-electron chi connectivity index (χ4n) is 2.79. The molecule has 0 spiro atoms. The molecule has 1 amide bonds. The van der Waals surface area contributed by atoms with Crippen LogP contribution in [0.3, 0.4) is 0 Å². The van der Waals surface area contributed by atoms with Crippen molar-refractivity contribution < 1.29 is 19.4 Å². The first-order valence-electron chi connectivity index (χ1n) is 7.57. The van der Waals surface area contributed by atoms with Crippen molar-refractivity contribution >= 4 is 40.2 Å². The van der Waals surface area contributed by atoms with E-state index in [2.05, 4.69) is 15.3 Å². The quantitative estimate of drug-likeness (QED) is 0.385. The number of aliphatic hydroxyl groups excluding tert-OH is 1. The van der Waals surface area contributed by atoms with Crippen molar-refractivity contribution in [3.05, 3.63) is 53.9 Å². The highest BCUT2D eigenvalue weighted by atomic mass is 16.5. The molecule has 0 atom stereocenters. The van der Waals surface area contributed by atoms with Crippen LogP contribution in [0.4, 0.5) is 5.69 Å². The molecule has 3 heterocycles. The van der Waals surface area contributed by atoms with Crippen LogP contribution in [0.2, 0.25) is 0 Å². The minimum absolute atomic E-state index is 0.237. The number of hydrogen-bond donors (Lipinski definition) is 3. The molecule has 124 valence electrons. The number of pyridine rings is 1. The number of fused-ring (bicyclic) bond motifs is 2. The molecule has 0 fully saturated rings. The van der Waals surface area contributed by atoms with Gasteiger partial charge in [0.25, 0.3) is 5.91 Å². The number of benzene rings is 1. The summed E-state index contributed by atoms with van der Waals surface area (Å²) in [4.78, 5) is 30.9. The van der Waals surface area contributed by atoms with E-state index in [1.807, 2.05) is 12.1 Å². The number of nitrogens with zero attached hydrogens (tertiary/aromatic N) is 1. The summed E-state index contributed by atoms with van der Waals surface area (Å²) in [6, 6.07) is 8.56. The van der Waals surface area contributed by atoms with Gasteiger partial charge in [-0.1, -0.05) is 0 Å². The Morgan fingerprint density at radius 1 is 1.32 bits per heavy atom. The molecule has 0 radical (unpaired) electrons. The number of aliphatic hydroxyl groups is 1. The molecule has 4 rings (SSSR count). The molecule has 25 heavy (non-hydrogen) atoms. The number of hydrogen-bond acceptors (Lipinski definition) is 5. The summed E-state index contributed by atoms with van der Waals surface area (Å²) < 4.78 is 5.01. The van der Waals surface area contributed by atoms with Gasteiger partial charge in [0.05, 0.1) is 0 Å². The lowest BCUT2D eigenvalue weighted by Crippen LogP contribution is -2.12. The number of rotatable bonds is 3. The SMILES string of the molecule is O=C(CO)Oc1ccc2c(c1)C(=Cc1c[nH]c3ncccc13)C(=O)N2. The Balaban J connectivity index is 1.78. The van der Waals surface area contributed by atoms with E-state index in [-0.39, 0.29) is 11.7 Å². The summed E-state index contributed by atoms with van der Waals surface area (Å²) in [5, 5.41) is 12.5. The lowest BCUT2D eigenvalue weighted by atomic mass is 10.0. The van der Waals surface area contributed by atoms with Crippen LogP contribution in [0.25, 0.3) is 22.7 Å². The van der Waals surface area contributed by atoms with E-state index in [0.29, 0.717) is 16.8 Å². The van der Waals surface area contributed by atoms with Crippen molar-refractivity contribution in [2.75, 3.05) is 11.9 Å². The summed E-state index contributed by atoms with van der Waals surface area (Å²) in [6.07, 6.45) is 5.24. The Bertz CT molecular complexity index is 1040. The molecule has 3 aromatic rings. The van der Waals surface area contributed by atoms with Crippen molar-refractivity contribution in [3.8, 4) is 5.75 Å². The van der Waals surface area contributed by atoms with Crippen LogP contribution >= 0.6 is 0 Å². The molecule has 0 bridgehead atoms. The van der Waals surface area contributed by atoms with E-state index in [1.54, 1.807) is 36.7 Å². The predicted octanol–water partition coefficient (Wildman–Crippen LogP) is 1.95. The highest BCUT2D eigenvalue weighted by Gasteiger charge is 2.25. The molecule has 1 aliphatic heterocycles. The number of amides is 1. The first kappa shape index (κ1) is 15.1. The lowest BCUT2D eigenvalue weighted by Gasteiger charge is -2.05. The third-order valence-corrected chi connectivity index (χ3v) is 3.92. The molecule has 3 N–H and O–H groups in total. The fraction of sp³-hybridized carbons (Fsp3) is 0.0556. The van der Waals surface area contributed by atoms with E-state index in [9.17, 15) is 9.59 Å². The average Bonchev–Trinajstić information content (AvgIpc) is 3.17. The van der Waals surface area contributed by atoms with Crippen LogP contribution in [-0.2, 0) is 9.59 Å². The molecule has 1 aliphatic rings. The highest BCUT2D eigenvalue weighted by molar-refractivity contribution is 6.35. The number of nitrogens with one attached hydrogen (secondary N) is 2. The number of esters is 1. The van der Waals surface area contributed by atoms with Gasteiger partial charge in [0.1, 0.15) is 18.0 Å². The highest BCUT2D eigenvalue weighted by Crippen LogP contribution is 2.36. The van der Waals surface area contributed by atoms with E-state index < -0.39 is 12.6 Å². The van der Waals surface area contributed by atoms with Crippen LogP contribution < -0.4 is 10.1 Å². The lowest BCUT2D eigenvalue weighted by molar-refractivity contribution is -0.137. The fourth-order valence-corrected chi connectivity index (χ4v) is 2.79. The monoisotopic (exact) mass is 335 g/mol. The number of carbonyl (C=O) groups excluding carboxylic acids is 2. The Labute approximate surface area is 142 Å². The zero-order valence-electron chi connectivity index (χ0n) is 12.9. The second kappa shape index (κ2) is 5.88. The van der Waals surface area contributed by atoms with Gasteiger partial charge in [-0.05, 0) is 36.4 Å². The molecular formula is C18H13N3O4. The molecule has 0 unspecified atom stereocenters. The van der Waals surface area contributed by atoms with Gasteiger partial charge >= 0.3 is 5.97 Å². The zero-order chi connectivity index (χ0) is 17.4. The van der Waals surface area contributed by atoms with Crippen LogP contribution in [-0.4, -0.2) is 33.6 Å². The summed E-state index contributed by atoms with van der Waals surface area (Å²) >= 11 is 0. The molecule has 7 heteroatoms. The van der Waals surface area contributed by atoms with Gasteiger partial charge in [0.2, 0.25) is 0 Å². The molecular weight excluding hydrogens is 322 g/mol. The van der Waals surface area contributed by atoms with Crippen LogP contribution in [0.15, 0.2) is 42.7 Å². The topological polar surface area (TPSA) is 104 Å². The number of carbonyl (C=O) groups is 2. The molecule has 2 aromatic heterocycles. The van der Waals surface area contributed by atoms with Gasteiger partial charge in [-0.25, -0.2) is 9.78 Å². The minimum Gasteiger partial charge on any atom is -0.425 e. The number of H-pyrrole nitrogens is 1. The first-order valence-corrected chi connectivity index (χ1v) is 7.57. The summed E-state index contributed by atoms with van der Waals surface area (Å²) in [7, 11) is 0. The minimum atomic E-state index is -0.759. The van der Waals surface area contributed by atoms with Crippen molar-refractivity contribution in [1.82, 2.24) is 9.97 Å². The Morgan fingerprint density at radius 2 is 2.20 bits per heavy atom. The zero-order valence-corrected chi connectivity index (χ0v) is 12.9. The summed E-state index contributed by atoms with van der Waals surface area (Å²) in [6.45, 7) is -0.709. The Kier molecular flexibility index (Phi) is 3.55. The Morgan fingerprint density at radius 3 is 3.04 bits per heavy atom. The molecule has 0 aliphatic carbocycles. The number of aromatic nitrogens is 2. The molecule has 0 saturated carbocycles. The third-order valence-electron chi connectivity index (χ3n) is 3.92. The normalized spacial score (nSPS) is 14.6. The summed E-state index contributed by atoms with van der Waals surface area (Å²) in [5.41, 5.74) is 3.30. The molecule has 0 saturated heterocycles. The van der Waals surface area contributed by atoms with Crippen molar-refractivity contribution in [3.63, 3.8) is 0 Å². The number of aromatic amines is 1. The van der Waals surface area contributed by atoms with E-state index in [1.165, 1.54) is 0 Å². The van der Waals surface area contributed by atoms with E-state index >= 15 is 0 Å². The maximum absolute atomic E-state index is 12.3. The van der Waals surface area contributed by atoms with Gasteiger partial charge in [-0.2, -0.15) is 0 Å². The predicted molar refractivity (Wildman–Crippen MR) is 91.8 cm³/mol. The first-order chi connectivity index (χ1) is 12.2. The maximum atomic E-state index is 12.3. The van der Waals surface area contributed by atoms with Gasteiger partial charge in [0.15, 0.2) is 0 Å². The second-order valence-electron chi connectivity index (χ2n) is 5.50. The van der Waals surface area contributed by atoms with Gasteiger partial charge in [-0.3, -0.25) is 4.79 Å². The van der Waals surface area contributed by atoms with Crippen LogP contribution in [0, 0.1) is 0 Å². The molecule has 1 aromatic carbocycles. The third kappa shape index (κ3) is 2.66. The largest absolute Gasteiger partial charge is 0.425 e. The van der Waals surface area contributed by atoms with Crippen LogP contribution in [0.1, 0.15) is 11.1 Å². The number of ether oxygens (including phenoxy) is 1. The Hall–Kier alpha value is -3.45. The average molecular weight is 335 g/mol. The maximum Gasteiger partial charge on any atom is 0.337 e. The van der Waals surface area contributed by atoms with E-state index in [0.717, 1.165) is 16.6 Å². The second-order valence-corrected chi connectivity index (χ2v) is 5.50. The standard InChI is InChI=1S/C18H13N3O4/c22-9-16(23)25-11-3-4-15-13(7-11)14(18(24)21-15)6-10-8-20-17-12(10)2-1-5-19-17/h1-8,22H,9H2,(H,19,20)(H,21,24). The smallest absolute Gasteiger partial charge is 0.337 e. The van der Waals surface area contributed by atoms with Crippen molar-refractivity contribution in [1.29, 1.82) is 0 Å². The van der Waals surface area contributed by atoms with Crippen molar-refractivity contribution in [2.24, 2.45) is 0 Å². The van der Waals surface area contributed by atoms with E-state index in [4.69, 9.17) is 9.84 Å². The van der Waals surface area contributed by atoms with Gasteiger partial charge in [-0.15, -0.1) is 0 Å².